The Morgan fingerprint density at radius 2 is 2.11 bits per heavy atom. The molecule has 0 bridgehead atoms. The third kappa shape index (κ3) is 3.71. The van der Waals surface area contributed by atoms with Crippen molar-refractivity contribution in [1.29, 1.82) is 0 Å². The lowest BCUT2D eigenvalue weighted by molar-refractivity contribution is -0.146. The maximum Gasteiger partial charge on any atom is 0.308 e. The number of hydrogen-bond donors (Lipinski definition) is 1. The van der Waals surface area contributed by atoms with Crippen LogP contribution in [0.5, 0.6) is 0 Å². The van der Waals surface area contributed by atoms with Gasteiger partial charge in [0.15, 0.2) is 0 Å². The van der Waals surface area contributed by atoms with Crippen molar-refractivity contribution in [3.05, 3.63) is 0 Å². The molecule has 2 rings (SSSR count). The van der Waals surface area contributed by atoms with E-state index in [9.17, 15) is 9.90 Å². The lowest BCUT2D eigenvalue weighted by Gasteiger charge is -2.44. The Labute approximate surface area is 117 Å². The van der Waals surface area contributed by atoms with Gasteiger partial charge in [-0.1, -0.05) is 26.7 Å². The first kappa shape index (κ1) is 14.8. The molecule has 110 valence electrons. The van der Waals surface area contributed by atoms with Gasteiger partial charge in [0.05, 0.1) is 5.92 Å². The number of rotatable bonds is 4. The minimum Gasteiger partial charge on any atom is -0.481 e. The normalized spacial score (nSPS) is 37.2. The highest BCUT2D eigenvalue weighted by Gasteiger charge is 2.39. The molecule has 2 fully saturated rings. The van der Waals surface area contributed by atoms with E-state index >= 15 is 0 Å². The summed E-state index contributed by atoms with van der Waals surface area (Å²) in [6.07, 6.45) is 8.15. The largest absolute Gasteiger partial charge is 0.481 e. The Kier molecular flexibility index (Phi) is 5.26. The molecule has 0 radical (unpaired) electrons. The zero-order chi connectivity index (χ0) is 13.8. The highest BCUT2D eigenvalue weighted by Crippen LogP contribution is 2.36. The molecule has 3 nitrogen and oxygen atoms in total. The van der Waals surface area contributed by atoms with Gasteiger partial charge in [-0.15, -0.1) is 0 Å². The second-order valence-corrected chi connectivity index (χ2v) is 6.72. The van der Waals surface area contributed by atoms with Crippen molar-refractivity contribution >= 4 is 5.97 Å². The molecule has 1 aliphatic heterocycles. The molecule has 0 amide bonds. The first-order valence-electron chi connectivity index (χ1n) is 8.08. The van der Waals surface area contributed by atoms with Crippen LogP contribution in [0.3, 0.4) is 0 Å². The lowest BCUT2D eigenvalue weighted by Crippen LogP contribution is -2.50. The van der Waals surface area contributed by atoms with Crippen LogP contribution in [0.15, 0.2) is 0 Å². The molecule has 4 unspecified atom stereocenters. The van der Waals surface area contributed by atoms with E-state index in [0.29, 0.717) is 6.04 Å². The molecule has 2 aliphatic rings. The van der Waals surface area contributed by atoms with Crippen molar-refractivity contribution in [2.45, 2.75) is 64.8 Å². The zero-order valence-electron chi connectivity index (χ0n) is 12.5. The molecule has 1 N–H and O–H groups in total. The third-order valence-electron chi connectivity index (χ3n) is 5.10. The van der Waals surface area contributed by atoms with Crippen LogP contribution in [-0.2, 0) is 4.79 Å². The van der Waals surface area contributed by atoms with E-state index in [1.807, 2.05) is 0 Å². The minimum atomic E-state index is -0.571. The van der Waals surface area contributed by atoms with E-state index in [-0.39, 0.29) is 5.92 Å². The standard InChI is InChI=1S/C16H29NO2/c1-3-5-13-7-8-14(16(18)19)15(10-13)17-9-4-6-12(2)11-17/h12-15H,3-11H2,1-2H3,(H,18,19). The smallest absolute Gasteiger partial charge is 0.308 e. The van der Waals surface area contributed by atoms with Crippen molar-refractivity contribution in [2.75, 3.05) is 13.1 Å². The topological polar surface area (TPSA) is 40.5 Å². The van der Waals surface area contributed by atoms with Gasteiger partial charge in [0.25, 0.3) is 0 Å². The number of carbonyl (C=O) groups is 1. The van der Waals surface area contributed by atoms with Crippen LogP contribution in [0.25, 0.3) is 0 Å². The van der Waals surface area contributed by atoms with E-state index < -0.39 is 5.97 Å². The Morgan fingerprint density at radius 1 is 1.32 bits per heavy atom. The van der Waals surface area contributed by atoms with Crippen LogP contribution in [0, 0.1) is 17.8 Å². The fourth-order valence-electron chi connectivity index (χ4n) is 4.12. The fraction of sp³-hybridized carbons (Fsp3) is 0.938. The van der Waals surface area contributed by atoms with Crippen molar-refractivity contribution < 1.29 is 9.90 Å². The van der Waals surface area contributed by atoms with Crippen molar-refractivity contribution in [3.8, 4) is 0 Å². The summed E-state index contributed by atoms with van der Waals surface area (Å²) in [7, 11) is 0. The third-order valence-corrected chi connectivity index (χ3v) is 5.10. The molecule has 0 aromatic carbocycles. The monoisotopic (exact) mass is 267 g/mol. The summed E-state index contributed by atoms with van der Waals surface area (Å²) in [6, 6.07) is 0.297. The molecule has 19 heavy (non-hydrogen) atoms. The van der Waals surface area contributed by atoms with Gasteiger partial charge in [0.1, 0.15) is 0 Å². The van der Waals surface area contributed by atoms with Crippen molar-refractivity contribution in [1.82, 2.24) is 4.90 Å². The van der Waals surface area contributed by atoms with Crippen LogP contribution in [0.1, 0.15) is 58.8 Å². The summed E-state index contributed by atoms with van der Waals surface area (Å²) in [5.74, 6) is 0.786. The molecular formula is C16H29NO2. The average Bonchev–Trinajstić information content (AvgIpc) is 2.39. The van der Waals surface area contributed by atoms with Crippen LogP contribution >= 0.6 is 0 Å². The Balaban J connectivity index is 2.04. The fourth-order valence-corrected chi connectivity index (χ4v) is 4.12. The average molecular weight is 267 g/mol. The van der Waals surface area contributed by atoms with Gasteiger partial charge in [0.2, 0.25) is 0 Å². The molecule has 3 heteroatoms. The number of likely N-dealkylation sites (tertiary alicyclic amines) is 1. The molecule has 1 saturated carbocycles. The van der Waals surface area contributed by atoms with Crippen LogP contribution < -0.4 is 0 Å². The van der Waals surface area contributed by atoms with Crippen LogP contribution in [0.4, 0.5) is 0 Å². The summed E-state index contributed by atoms with van der Waals surface area (Å²) in [6.45, 7) is 6.75. The predicted octanol–water partition coefficient (Wildman–Crippen LogP) is 3.39. The van der Waals surface area contributed by atoms with Crippen LogP contribution in [0.2, 0.25) is 0 Å². The van der Waals surface area contributed by atoms with E-state index in [4.69, 9.17) is 0 Å². The molecular weight excluding hydrogens is 238 g/mol. The van der Waals surface area contributed by atoms with Gasteiger partial charge in [-0.3, -0.25) is 9.69 Å². The van der Waals surface area contributed by atoms with Crippen molar-refractivity contribution in [3.63, 3.8) is 0 Å². The van der Waals surface area contributed by atoms with Crippen molar-refractivity contribution in [2.24, 2.45) is 17.8 Å². The number of piperidine rings is 1. The van der Waals surface area contributed by atoms with Gasteiger partial charge >= 0.3 is 5.97 Å². The minimum absolute atomic E-state index is 0.126. The second kappa shape index (κ2) is 6.74. The highest BCUT2D eigenvalue weighted by molar-refractivity contribution is 5.71. The summed E-state index contributed by atoms with van der Waals surface area (Å²) in [5.41, 5.74) is 0. The summed E-state index contributed by atoms with van der Waals surface area (Å²) in [5, 5.41) is 9.49. The molecule has 0 aromatic heterocycles. The SMILES string of the molecule is CCCC1CCC(C(=O)O)C(N2CCCC(C)C2)C1. The second-order valence-electron chi connectivity index (χ2n) is 6.72. The summed E-state index contributed by atoms with van der Waals surface area (Å²) >= 11 is 0. The number of hydrogen-bond acceptors (Lipinski definition) is 2. The zero-order valence-corrected chi connectivity index (χ0v) is 12.5. The van der Waals surface area contributed by atoms with Gasteiger partial charge < -0.3 is 5.11 Å². The Bertz CT molecular complexity index is 305. The number of aliphatic carboxylic acids is 1. The number of carboxylic acids is 1. The van der Waals surface area contributed by atoms with E-state index in [0.717, 1.165) is 44.2 Å². The maximum atomic E-state index is 11.5. The number of carboxylic acid groups (broad SMARTS) is 1. The van der Waals surface area contributed by atoms with E-state index in [1.165, 1.54) is 25.7 Å². The van der Waals surface area contributed by atoms with E-state index in [1.54, 1.807) is 0 Å². The molecule has 0 aromatic rings. The molecule has 0 spiro atoms. The summed E-state index contributed by atoms with van der Waals surface area (Å²) in [4.78, 5) is 14.0. The molecule has 1 heterocycles. The van der Waals surface area contributed by atoms with Gasteiger partial charge in [0, 0.05) is 12.6 Å². The number of nitrogens with zero attached hydrogens (tertiary/aromatic N) is 1. The van der Waals surface area contributed by atoms with Crippen LogP contribution in [-0.4, -0.2) is 35.1 Å². The first-order valence-corrected chi connectivity index (χ1v) is 8.08. The van der Waals surface area contributed by atoms with Gasteiger partial charge in [-0.25, -0.2) is 0 Å². The molecule has 1 saturated heterocycles. The molecule has 4 atom stereocenters. The van der Waals surface area contributed by atoms with Gasteiger partial charge in [-0.2, -0.15) is 0 Å². The highest BCUT2D eigenvalue weighted by atomic mass is 16.4. The molecule has 1 aliphatic carbocycles. The van der Waals surface area contributed by atoms with Gasteiger partial charge in [-0.05, 0) is 50.5 Å². The lowest BCUT2D eigenvalue weighted by atomic mass is 9.75. The first-order chi connectivity index (χ1) is 9.11. The Morgan fingerprint density at radius 3 is 2.74 bits per heavy atom. The predicted molar refractivity (Wildman–Crippen MR) is 77.1 cm³/mol. The Hall–Kier alpha value is -0.570. The van der Waals surface area contributed by atoms with E-state index in [2.05, 4.69) is 18.7 Å². The quantitative estimate of drug-likeness (QED) is 0.849. The summed E-state index contributed by atoms with van der Waals surface area (Å²) < 4.78 is 0. The maximum absolute atomic E-state index is 11.5.